The molecule has 0 radical (unpaired) electrons. The predicted molar refractivity (Wildman–Crippen MR) is 90.1 cm³/mol. The van der Waals surface area contributed by atoms with E-state index in [2.05, 4.69) is 10.2 Å². The number of amides is 1. The Labute approximate surface area is 144 Å². The van der Waals surface area contributed by atoms with E-state index in [0.29, 0.717) is 5.56 Å². The molecule has 0 saturated heterocycles. The van der Waals surface area contributed by atoms with Gasteiger partial charge in [-0.1, -0.05) is 24.3 Å². The van der Waals surface area contributed by atoms with E-state index in [1.54, 1.807) is 13.1 Å². The lowest BCUT2D eigenvalue weighted by Gasteiger charge is -2.16. The maximum absolute atomic E-state index is 13.8. The van der Waals surface area contributed by atoms with Gasteiger partial charge in [0.2, 0.25) is 0 Å². The summed E-state index contributed by atoms with van der Waals surface area (Å²) >= 11 is 0. The van der Waals surface area contributed by atoms with Crippen molar-refractivity contribution in [3.8, 4) is 11.4 Å². The Morgan fingerprint density at radius 1 is 1.24 bits per heavy atom. The largest absolute Gasteiger partial charge is 0.494 e. The third-order valence-electron chi connectivity index (χ3n) is 3.68. The zero-order chi connectivity index (χ0) is 17.8. The molecule has 128 valence electrons. The second-order valence-electron chi connectivity index (χ2n) is 5.48. The molecule has 25 heavy (non-hydrogen) atoms. The van der Waals surface area contributed by atoms with Gasteiger partial charge >= 0.3 is 0 Å². The number of methoxy groups -OCH3 is 1. The molecule has 3 aromatic rings. The minimum atomic E-state index is -0.462. The maximum atomic E-state index is 13.8. The summed E-state index contributed by atoms with van der Waals surface area (Å²) in [7, 11) is 3.04. The first-order valence-electron chi connectivity index (χ1n) is 7.64. The summed E-state index contributed by atoms with van der Waals surface area (Å²) in [5.41, 5.74) is 1.64. The Kier molecular flexibility index (Phi) is 4.74. The summed E-state index contributed by atoms with van der Waals surface area (Å²) in [6.07, 6.45) is 1.42. The molecule has 0 aliphatic rings. The second-order valence-corrected chi connectivity index (χ2v) is 5.48. The maximum Gasteiger partial charge on any atom is 0.276 e. The molecule has 0 unspecified atom stereocenters. The number of ether oxygens (including phenoxy) is 1. The standard InChI is InChI=1S/C18H17FN4O2/c1-22(12-13-8-9-17(25-2)15(19)10-13)18(24)16-11-20-23(21-16)14-6-4-3-5-7-14/h3-11H,12H2,1-2H3. The summed E-state index contributed by atoms with van der Waals surface area (Å²) in [6, 6.07) is 13.9. The van der Waals surface area contributed by atoms with E-state index in [4.69, 9.17) is 4.74 Å². The monoisotopic (exact) mass is 340 g/mol. The van der Waals surface area contributed by atoms with E-state index in [1.807, 2.05) is 30.3 Å². The van der Waals surface area contributed by atoms with Gasteiger partial charge in [-0.05, 0) is 29.8 Å². The van der Waals surface area contributed by atoms with E-state index >= 15 is 0 Å². The van der Waals surface area contributed by atoms with Gasteiger partial charge in [0.15, 0.2) is 17.3 Å². The van der Waals surface area contributed by atoms with Gasteiger partial charge in [-0.3, -0.25) is 4.79 Å². The Morgan fingerprint density at radius 2 is 2.00 bits per heavy atom. The normalized spacial score (nSPS) is 10.5. The first-order chi connectivity index (χ1) is 12.1. The van der Waals surface area contributed by atoms with Crippen molar-refractivity contribution in [2.24, 2.45) is 0 Å². The van der Waals surface area contributed by atoms with Crippen molar-refractivity contribution in [1.29, 1.82) is 0 Å². The van der Waals surface area contributed by atoms with Crippen LogP contribution in [0.25, 0.3) is 5.69 Å². The van der Waals surface area contributed by atoms with Gasteiger partial charge in [0.05, 0.1) is 19.0 Å². The SMILES string of the molecule is COc1ccc(CN(C)C(=O)c2cnn(-c3ccccc3)n2)cc1F. The lowest BCUT2D eigenvalue weighted by atomic mass is 10.2. The van der Waals surface area contributed by atoms with Crippen LogP contribution in [0.3, 0.4) is 0 Å². The Balaban J connectivity index is 1.72. The number of carbonyl (C=O) groups excluding carboxylic acids is 1. The Bertz CT molecular complexity index is 880. The molecule has 3 rings (SSSR count). The smallest absolute Gasteiger partial charge is 0.276 e. The number of hydrogen-bond acceptors (Lipinski definition) is 4. The highest BCUT2D eigenvalue weighted by atomic mass is 19.1. The van der Waals surface area contributed by atoms with Gasteiger partial charge in [-0.15, -0.1) is 5.10 Å². The Morgan fingerprint density at radius 3 is 2.68 bits per heavy atom. The van der Waals surface area contributed by atoms with Crippen LogP contribution in [0.1, 0.15) is 16.1 Å². The molecule has 0 aliphatic heterocycles. The molecule has 1 aromatic heterocycles. The van der Waals surface area contributed by atoms with E-state index in [1.165, 1.54) is 35.1 Å². The van der Waals surface area contributed by atoms with Crippen LogP contribution >= 0.6 is 0 Å². The number of halogens is 1. The molecule has 0 saturated carbocycles. The van der Waals surface area contributed by atoms with Crippen LogP contribution in [0.15, 0.2) is 54.7 Å². The number of nitrogens with zero attached hydrogens (tertiary/aromatic N) is 4. The molecule has 0 atom stereocenters. The summed E-state index contributed by atoms with van der Waals surface area (Å²) in [5.74, 6) is -0.585. The van der Waals surface area contributed by atoms with Gasteiger partial charge in [-0.25, -0.2) is 4.39 Å². The second kappa shape index (κ2) is 7.12. The molecule has 2 aromatic carbocycles. The highest BCUT2D eigenvalue weighted by molar-refractivity contribution is 5.91. The zero-order valence-electron chi connectivity index (χ0n) is 13.9. The molecule has 0 N–H and O–H groups in total. The van der Waals surface area contributed by atoms with Crippen molar-refractivity contribution < 1.29 is 13.9 Å². The van der Waals surface area contributed by atoms with Crippen molar-refractivity contribution in [2.45, 2.75) is 6.54 Å². The number of rotatable bonds is 5. The van der Waals surface area contributed by atoms with Crippen LogP contribution in [0, 0.1) is 5.82 Å². The van der Waals surface area contributed by atoms with Gasteiger partial charge in [0.1, 0.15) is 0 Å². The van der Waals surface area contributed by atoms with Crippen molar-refractivity contribution in [1.82, 2.24) is 19.9 Å². The third-order valence-corrected chi connectivity index (χ3v) is 3.68. The first-order valence-corrected chi connectivity index (χ1v) is 7.64. The topological polar surface area (TPSA) is 60.2 Å². The van der Waals surface area contributed by atoms with E-state index in [0.717, 1.165) is 5.69 Å². The van der Waals surface area contributed by atoms with Gasteiger partial charge < -0.3 is 9.64 Å². The minimum Gasteiger partial charge on any atom is -0.494 e. The van der Waals surface area contributed by atoms with Gasteiger partial charge in [0.25, 0.3) is 5.91 Å². The van der Waals surface area contributed by atoms with Crippen molar-refractivity contribution >= 4 is 5.91 Å². The third kappa shape index (κ3) is 3.65. The van der Waals surface area contributed by atoms with E-state index in [9.17, 15) is 9.18 Å². The highest BCUT2D eigenvalue weighted by Gasteiger charge is 2.17. The molecular formula is C18H17FN4O2. The predicted octanol–water partition coefficient (Wildman–Crippen LogP) is 2.69. The fourth-order valence-electron chi connectivity index (χ4n) is 2.40. The average Bonchev–Trinajstić information content (AvgIpc) is 3.12. The van der Waals surface area contributed by atoms with E-state index < -0.39 is 5.82 Å². The van der Waals surface area contributed by atoms with Gasteiger partial charge in [0, 0.05) is 13.6 Å². The van der Waals surface area contributed by atoms with Crippen LogP contribution in [-0.4, -0.2) is 40.0 Å². The van der Waals surface area contributed by atoms with Crippen LogP contribution in [0.2, 0.25) is 0 Å². The fourth-order valence-corrected chi connectivity index (χ4v) is 2.40. The minimum absolute atomic E-state index is 0.170. The highest BCUT2D eigenvalue weighted by Crippen LogP contribution is 2.18. The first kappa shape index (κ1) is 16.6. The number of para-hydroxylation sites is 1. The summed E-state index contributed by atoms with van der Waals surface area (Å²) in [4.78, 5) is 15.3. The molecule has 1 heterocycles. The number of hydrogen-bond donors (Lipinski definition) is 0. The van der Waals surface area contributed by atoms with Crippen molar-refractivity contribution in [2.75, 3.05) is 14.2 Å². The van der Waals surface area contributed by atoms with Crippen LogP contribution in [-0.2, 0) is 6.54 Å². The van der Waals surface area contributed by atoms with Gasteiger partial charge in [-0.2, -0.15) is 9.90 Å². The van der Waals surface area contributed by atoms with Crippen LogP contribution in [0.4, 0.5) is 4.39 Å². The summed E-state index contributed by atoms with van der Waals surface area (Å²) < 4.78 is 18.7. The van der Waals surface area contributed by atoms with Crippen LogP contribution < -0.4 is 4.74 Å². The van der Waals surface area contributed by atoms with E-state index in [-0.39, 0.29) is 23.9 Å². The lowest BCUT2D eigenvalue weighted by Crippen LogP contribution is -2.26. The molecular weight excluding hydrogens is 323 g/mol. The molecule has 0 spiro atoms. The molecule has 0 bridgehead atoms. The Hall–Kier alpha value is -3.22. The number of carbonyl (C=O) groups is 1. The molecule has 7 heteroatoms. The molecule has 1 amide bonds. The molecule has 0 fully saturated rings. The lowest BCUT2D eigenvalue weighted by molar-refractivity contribution is 0.0778. The summed E-state index contributed by atoms with van der Waals surface area (Å²) in [6.45, 7) is 0.248. The quantitative estimate of drug-likeness (QED) is 0.716. The van der Waals surface area contributed by atoms with Crippen molar-refractivity contribution in [3.05, 3.63) is 71.8 Å². The zero-order valence-corrected chi connectivity index (χ0v) is 13.9. The van der Waals surface area contributed by atoms with Crippen molar-refractivity contribution in [3.63, 3.8) is 0 Å². The fraction of sp³-hybridized carbons (Fsp3) is 0.167. The molecule has 6 nitrogen and oxygen atoms in total. The van der Waals surface area contributed by atoms with Crippen LogP contribution in [0.5, 0.6) is 5.75 Å². The molecule has 0 aliphatic carbocycles. The average molecular weight is 340 g/mol. The number of aromatic nitrogens is 3. The summed E-state index contributed by atoms with van der Waals surface area (Å²) in [5, 5.41) is 8.32. The number of benzene rings is 2.